The van der Waals surface area contributed by atoms with Crippen molar-refractivity contribution in [3.63, 3.8) is 0 Å². The second kappa shape index (κ2) is 11.0. The number of carbonyl (C=O) groups is 2. The van der Waals surface area contributed by atoms with Crippen molar-refractivity contribution in [1.82, 2.24) is 0 Å². The molecule has 0 bridgehead atoms. The van der Waals surface area contributed by atoms with Crippen LogP contribution >= 0.6 is 11.6 Å². The van der Waals surface area contributed by atoms with Crippen LogP contribution in [0.1, 0.15) is 15.9 Å². The molecule has 0 atom stereocenters. The lowest BCUT2D eigenvalue weighted by Gasteiger charge is -2.12. The predicted molar refractivity (Wildman–Crippen MR) is 121 cm³/mol. The number of amides is 1. The number of hydrogen-bond donors (Lipinski definition) is 1. The van der Waals surface area contributed by atoms with E-state index in [0.29, 0.717) is 16.5 Å². The Balaban J connectivity index is 1.59. The molecule has 0 aliphatic heterocycles. The van der Waals surface area contributed by atoms with Crippen molar-refractivity contribution in [1.29, 1.82) is 0 Å². The molecule has 170 valence electrons. The summed E-state index contributed by atoms with van der Waals surface area (Å²) in [6.07, 6.45) is 0. The van der Waals surface area contributed by atoms with Gasteiger partial charge < -0.3 is 19.5 Å². The van der Waals surface area contributed by atoms with Gasteiger partial charge in [0, 0.05) is 11.1 Å². The van der Waals surface area contributed by atoms with E-state index in [1.165, 1.54) is 43.5 Å². The van der Waals surface area contributed by atoms with Gasteiger partial charge in [-0.15, -0.1) is 0 Å². The largest absolute Gasteiger partial charge is 0.493 e. The van der Waals surface area contributed by atoms with E-state index in [1.54, 1.807) is 18.2 Å². The van der Waals surface area contributed by atoms with Gasteiger partial charge in [-0.2, -0.15) is 0 Å². The summed E-state index contributed by atoms with van der Waals surface area (Å²) in [6.45, 7) is -0.356. The maximum absolute atomic E-state index is 12.3. The number of methoxy groups -OCH3 is 1. The van der Waals surface area contributed by atoms with E-state index in [9.17, 15) is 19.7 Å². The third-order valence-electron chi connectivity index (χ3n) is 4.42. The van der Waals surface area contributed by atoms with Crippen molar-refractivity contribution in [3.05, 3.63) is 93.0 Å². The Morgan fingerprint density at radius 2 is 1.76 bits per heavy atom. The summed E-state index contributed by atoms with van der Waals surface area (Å²) >= 11 is 5.87. The van der Waals surface area contributed by atoms with Crippen LogP contribution in [-0.4, -0.2) is 30.5 Å². The number of hydrogen-bond acceptors (Lipinski definition) is 7. The number of nitrogens with zero attached hydrogens (tertiary/aromatic N) is 1. The fourth-order valence-corrected chi connectivity index (χ4v) is 2.92. The number of halogens is 1. The standard InChI is InChI=1S/C23H19ClN2O7/c1-31-21-12-16(8-11-20(21)32-13-15-6-9-17(24)10-7-15)23(28)33-14-22(27)25-18-4-2-3-5-19(18)26(29)30/h2-12H,13-14H2,1H3,(H,25,27). The van der Waals surface area contributed by atoms with Gasteiger partial charge in [0.15, 0.2) is 18.1 Å². The predicted octanol–water partition coefficient (Wildman–Crippen LogP) is 4.63. The first-order chi connectivity index (χ1) is 15.9. The number of nitro benzene ring substituents is 1. The van der Waals surface area contributed by atoms with Crippen LogP contribution in [0.2, 0.25) is 5.02 Å². The third kappa shape index (κ3) is 6.44. The average Bonchev–Trinajstić information content (AvgIpc) is 2.82. The van der Waals surface area contributed by atoms with Gasteiger partial charge >= 0.3 is 5.97 Å². The molecule has 0 heterocycles. The molecule has 0 aromatic heterocycles. The number of esters is 1. The van der Waals surface area contributed by atoms with E-state index < -0.39 is 23.4 Å². The Morgan fingerprint density at radius 1 is 1.03 bits per heavy atom. The first-order valence-corrected chi connectivity index (χ1v) is 10.0. The topological polar surface area (TPSA) is 117 Å². The quantitative estimate of drug-likeness (QED) is 0.275. The Bertz CT molecular complexity index is 1170. The smallest absolute Gasteiger partial charge is 0.338 e. The van der Waals surface area contributed by atoms with Gasteiger partial charge in [-0.1, -0.05) is 35.9 Å². The molecule has 33 heavy (non-hydrogen) atoms. The first-order valence-electron chi connectivity index (χ1n) is 9.63. The van der Waals surface area contributed by atoms with Crippen molar-refractivity contribution < 1.29 is 28.7 Å². The summed E-state index contributed by atoms with van der Waals surface area (Å²) in [7, 11) is 1.43. The summed E-state index contributed by atoms with van der Waals surface area (Å²) in [4.78, 5) is 34.8. The molecule has 3 rings (SSSR count). The van der Waals surface area contributed by atoms with Crippen LogP contribution in [0.15, 0.2) is 66.7 Å². The van der Waals surface area contributed by atoms with Gasteiger partial charge in [0.25, 0.3) is 11.6 Å². The van der Waals surface area contributed by atoms with Crippen LogP contribution in [-0.2, 0) is 16.1 Å². The summed E-state index contributed by atoms with van der Waals surface area (Å²) < 4.78 is 16.0. The zero-order chi connectivity index (χ0) is 23.8. The number of nitrogens with one attached hydrogen (secondary N) is 1. The molecule has 0 spiro atoms. The fraction of sp³-hybridized carbons (Fsp3) is 0.130. The SMILES string of the molecule is COc1cc(C(=O)OCC(=O)Nc2ccccc2[N+](=O)[O-])ccc1OCc1ccc(Cl)cc1. The zero-order valence-corrected chi connectivity index (χ0v) is 18.2. The lowest BCUT2D eigenvalue weighted by atomic mass is 10.2. The molecule has 0 aliphatic carbocycles. The molecule has 0 saturated carbocycles. The zero-order valence-electron chi connectivity index (χ0n) is 17.4. The number of rotatable bonds is 9. The summed E-state index contributed by atoms with van der Waals surface area (Å²) in [5, 5.41) is 14.0. The van der Waals surface area contributed by atoms with Crippen molar-refractivity contribution >= 4 is 34.9 Å². The number of benzene rings is 3. The molecule has 10 heteroatoms. The Hall–Kier alpha value is -4.11. The average molecular weight is 471 g/mol. The number of nitro groups is 1. The van der Waals surface area contributed by atoms with Gasteiger partial charge in [-0.05, 0) is 42.0 Å². The van der Waals surface area contributed by atoms with Crippen LogP contribution in [0.5, 0.6) is 11.5 Å². The minimum absolute atomic E-state index is 0.00686. The van der Waals surface area contributed by atoms with Crippen molar-refractivity contribution in [2.45, 2.75) is 6.61 Å². The second-order valence-electron chi connectivity index (χ2n) is 6.68. The normalized spacial score (nSPS) is 10.2. The number of para-hydroxylation sites is 2. The summed E-state index contributed by atoms with van der Waals surface area (Å²) in [5.74, 6) is -0.760. The highest BCUT2D eigenvalue weighted by Gasteiger charge is 2.17. The third-order valence-corrected chi connectivity index (χ3v) is 4.67. The summed E-state index contributed by atoms with van der Waals surface area (Å²) in [6, 6.07) is 17.3. The monoisotopic (exact) mass is 470 g/mol. The lowest BCUT2D eigenvalue weighted by molar-refractivity contribution is -0.383. The molecule has 0 aliphatic rings. The Kier molecular flexibility index (Phi) is 7.82. The highest BCUT2D eigenvalue weighted by molar-refractivity contribution is 6.30. The second-order valence-corrected chi connectivity index (χ2v) is 7.12. The molecular formula is C23H19ClN2O7. The molecule has 3 aromatic carbocycles. The van der Waals surface area contributed by atoms with Crippen molar-refractivity contribution in [2.75, 3.05) is 19.0 Å². The molecule has 0 saturated heterocycles. The van der Waals surface area contributed by atoms with E-state index in [1.807, 2.05) is 12.1 Å². The molecule has 0 radical (unpaired) electrons. The van der Waals surface area contributed by atoms with Gasteiger partial charge in [0.2, 0.25) is 0 Å². The minimum atomic E-state index is -0.768. The van der Waals surface area contributed by atoms with Gasteiger partial charge in [0.1, 0.15) is 12.3 Å². The van der Waals surface area contributed by atoms with Crippen LogP contribution < -0.4 is 14.8 Å². The van der Waals surface area contributed by atoms with E-state index in [0.717, 1.165) is 5.56 Å². The maximum Gasteiger partial charge on any atom is 0.338 e. The Morgan fingerprint density at radius 3 is 2.45 bits per heavy atom. The van der Waals surface area contributed by atoms with Gasteiger partial charge in [-0.25, -0.2) is 4.79 Å². The maximum atomic E-state index is 12.3. The molecule has 0 unspecified atom stereocenters. The van der Waals surface area contributed by atoms with E-state index in [2.05, 4.69) is 5.32 Å². The molecule has 3 aromatic rings. The van der Waals surface area contributed by atoms with E-state index in [4.69, 9.17) is 25.8 Å². The van der Waals surface area contributed by atoms with Crippen LogP contribution in [0.4, 0.5) is 11.4 Å². The number of anilines is 1. The molecule has 1 N–H and O–H groups in total. The van der Waals surface area contributed by atoms with E-state index >= 15 is 0 Å². The molecular weight excluding hydrogens is 452 g/mol. The van der Waals surface area contributed by atoms with Crippen molar-refractivity contribution in [3.8, 4) is 11.5 Å². The lowest BCUT2D eigenvalue weighted by Crippen LogP contribution is -2.21. The van der Waals surface area contributed by atoms with Crippen LogP contribution in [0.3, 0.4) is 0 Å². The van der Waals surface area contributed by atoms with Crippen LogP contribution in [0.25, 0.3) is 0 Å². The Labute approximate surface area is 194 Å². The first kappa shape index (κ1) is 23.6. The molecule has 1 amide bonds. The molecule has 9 nitrogen and oxygen atoms in total. The summed E-state index contributed by atoms with van der Waals surface area (Å²) in [5.41, 5.74) is 0.780. The van der Waals surface area contributed by atoms with Crippen molar-refractivity contribution in [2.24, 2.45) is 0 Å². The number of carbonyl (C=O) groups excluding carboxylic acids is 2. The van der Waals surface area contributed by atoms with Gasteiger partial charge in [0.05, 0.1) is 17.6 Å². The fourth-order valence-electron chi connectivity index (χ4n) is 2.79. The highest BCUT2D eigenvalue weighted by Crippen LogP contribution is 2.29. The molecule has 0 fully saturated rings. The minimum Gasteiger partial charge on any atom is -0.493 e. The highest BCUT2D eigenvalue weighted by atomic mass is 35.5. The van der Waals surface area contributed by atoms with Crippen LogP contribution in [0, 0.1) is 10.1 Å². The van der Waals surface area contributed by atoms with Gasteiger partial charge in [-0.3, -0.25) is 14.9 Å². The number of ether oxygens (including phenoxy) is 3. The van der Waals surface area contributed by atoms with E-state index in [-0.39, 0.29) is 23.5 Å².